The number of carboxylic acid groups (broad SMARTS) is 1. The van der Waals surface area contributed by atoms with Crippen LogP contribution in [0.15, 0.2) is 60.8 Å². The molecule has 0 aliphatic carbocycles. The Morgan fingerprint density at radius 2 is 1.59 bits per heavy atom. The molecule has 0 saturated heterocycles. The number of fused-ring (bicyclic) bond motifs is 1. The highest BCUT2D eigenvalue weighted by atomic mass is 16.4. The molecule has 0 spiro atoms. The van der Waals surface area contributed by atoms with Gasteiger partial charge in [0.15, 0.2) is 0 Å². The number of primary amides is 1. The van der Waals surface area contributed by atoms with Crippen molar-refractivity contribution in [1.82, 2.24) is 14.8 Å². The zero-order valence-electron chi connectivity index (χ0n) is 26.2. The third-order valence-corrected chi connectivity index (χ3v) is 8.02. The first-order valence-electron chi connectivity index (χ1n) is 16.0. The normalized spacial score (nSPS) is 12.5. The van der Waals surface area contributed by atoms with E-state index in [1.165, 1.54) is 0 Å². The molecule has 1 aromatic heterocycles. The molecule has 0 saturated carbocycles. The average Bonchev–Trinajstić information content (AvgIpc) is 3.37. The minimum atomic E-state index is -0.961. The first kappa shape index (κ1) is 34.4. The highest BCUT2D eigenvalue weighted by Gasteiger charge is 2.32. The molecule has 44 heavy (non-hydrogen) atoms. The molecular formula is C35H48N4O5. The number of amides is 3. The number of nitrogens with zero attached hydrogens (tertiary/aromatic N) is 2. The van der Waals surface area contributed by atoms with Crippen molar-refractivity contribution >= 4 is 34.6 Å². The maximum atomic E-state index is 14.2. The Morgan fingerprint density at radius 3 is 2.27 bits per heavy atom. The average molecular weight is 605 g/mol. The first-order valence-corrected chi connectivity index (χ1v) is 16.0. The zero-order valence-corrected chi connectivity index (χ0v) is 26.2. The summed E-state index contributed by atoms with van der Waals surface area (Å²) in [4.78, 5) is 53.2. The quantitative estimate of drug-likeness (QED) is 0.138. The van der Waals surface area contributed by atoms with Gasteiger partial charge < -0.3 is 25.6 Å². The summed E-state index contributed by atoms with van der Waals surface area (Å²) in [5, 5.41) is 13.0. The van der Waals surface area contributed by atoms with E-state index < -0.39 is 23.8 Å². The Kier molecular flexibility index (Phi) is 13.9. The molecule has 0 radical (unpaired) electrons. The summed E-state index contributed by atoms with van der Waals surface area (Å²) in [6.07, 6.45) is 8.34. The van der Waals surface area contributed by atoms with Crippen molar-refractivity contribution in [3.8, 4) is 0 Å². The van der Waals surface area contributed by atoms with Crippen LogP contribution >= 0.6 is 0 Å². The number of carbonyl (C=O) groups is 4. The van der Waals surface area contributed by atoms with Crippen molar-refractivity contribution in [2.75, 3.05) is 6.54 Å². The molecule has 9 heteroatoms. The largest absolute Gasteiger partial charge is 0.481 e. The fraction of sp³-hybridized carbons (Fsp3) is 0.486. The van der Waals surface area contributed by atoms with Crippen LogP contribution in [0, 0.1) is 0 Å². The number of hydrogen-bond donors (Lipinski definition) is 3. The summed E-state index contributed by atoms with van der Waals surface area (Å²) < 4.78 is 2.02. The van der Waals surface area contributed by atoms with Gasteiger partial charge in [-0.1, -0.05) is 94.5 Å². The van der Waals surface area contributed by atoms with Gasteiger partial charge in [-0.15, -0.1) is 0 Å². The summed E-state index contributed by atoms with van der Waals surface area (Å²) in [7, 11) is 0. The van der Waals surface area contributed by atoms with Crippen LogP contribution in [0.2, 0.25) is 0 Å². The fourth-order valence-corrected chi connectivity index (χ4v) is 5.70. The predicted molar refractivity (Wildman–Crippen MR) is 173 cm³/mol. The number of nitrogens with one attached hydrogen (secondary N) is 1. The summed E-state index contributed by atoms with van der Waals surface area (Å²) in [5.41, 5.74) is 8.07. The second-order valence-electron chi connectivity index (χ2n) is 11.5. The lowest BCUT2D eigenvalue weighted by Crippen LogP contribution is -2.53. The number of carbonyl (C=O) groups excluding carboxylic acids is 3. The molecular weight excluding hydrogens is 556 g/mol. The van der Waals surface area contributed by atoms with Gasteiger partial charge in [-0.3, -0.25) is 19.2 Å². The molecule has 0 aliphatic rings. The Balaban J connectivity index is 1.92. The summed E-state index contributed by atoms with van der Waals surface area (Å²) in [5.74, 6) is -2.13. The Labute approximate surface area is 260 Å². The molecule has 2 atom stereocenters. The molecule has 0 unspecified atom stereocenters. The van der Waals surface area contributed by atoms with Crippen LogP contribution in [-0.4, -0.2) is 56.9 Å². The van der Waals surface area contributed by atoms with Gasteiger partial charge in [-0.05, 0) is 37.3 Å². The molecule has 9 nitrogen and oxygen atoms in total. The topological polar surface area (TPSA) is 135 Å². The van der Waals surface area contributed by atoms with Crippen LogP contribution in [0.5, 0.6) is 0 Å². The number of carboxylic acids is 1. The maximum absolute atomic E-state index is 14.2. The van der Waals surface area contributed by atoms with Gasteiger partial charge in [0.2, 0.25) is 11.8 Å². The van der Waals surface area contributed by atoms with Crippen LogP contribution in [-0.2, 0) is 20.9 Å². The van der Waals surface area contributed by atoms with Gasteiger partial charge in [0.1, 0.15) is 6.04 Å². The monoisotopic (exact) mass is 604 g/mol. The van der Waals surface area contributed by atoms with Gasteiger partial charge in [0.05, 0.1) is 5.56 Å². The van der Waals surface area contributed by atoms with Crippen molar-refractivity contribution in [3.05, 3.63) is 71.9 Å². The van der Waals surface area contributed by atoms with Crippen molar-refractivity contribution in [2.24, 2.45) is 5.73 Å². The molecule has 3 rings (SSSR count). The highest BCUT2D eigenvalue weighted by molar-refractivity contribution is 6.08. The fourth-order valence-electron chi connectivity index (χ4n) is 5.70. The van der Waals surface area contributed by atoms with E-state index >= 15 is 0 Å². The van der Waals surface area contributed by atoms with E-state index in [1.54, 1.807) is 4.90 Å². The van der Waals surface area contributed by atoms with E-state index in [2.05, 4.69) is 12.2 Å². The lowest BCUT2D eigenvalue weighted by atomic mass is 9.99. The van der Waals surface area contributed by atoms with E-state index in [-0.39, 0.29) is 37.6 Å². The van der Waals surface area contributed by atoms with E-state index in [0.29, 0.717) is 25.1 Å². The Bertz CT molecular complexity index is 1370. The lowest BCUT2D eigenvalue weighted by Gasteiger charge is -2.34. The van der Waals surface area contributed by atoms with Crippen LogP contribution in [0.4, 0.5) is 0 Å². The number of benzene rings is 2. The molecule has 1 heterocycles. The van der Waals surface area contributed by atoms with Gasteiger partial charge >= 0.3 is 5.97 Å². The number of para-hydroxylation sites is 1. The molecule has 4 N–H and O–H groups in total. The highest BCUT2D eigenvalue weighted by Crippen LogP contribution is 2.24. The second kappa shape index (κ2) is 17.9. The van der Waals surface area contributed by atoms with Crippen LogP contribution < -0.4 is 11.1 Å². The van der Waals surface area contributed by atoms with E-state index in [1.807, 2.05) is 72.3 Å². The number of nitrogens with two attached hydrogens (primary N) is 1. The van der Waals surface area contributed by atoms with Gasteiger partial charge in [0, 0.05) is 49.1 Å². The van der Waals surface area contributed by atoms with E-state index in [4.69, 9.17) is 5.73 Å². The van der Waals surface area contributed by atoms with Crippen LogP contribution in [0.1, 0.15) is 100 Å². The lowest BCUT2D eigenvalue weighted by molar-refractivity contribution is -0.139. The molecule has 0 bridgehead atoms. The third-order valence-electron chi connectivity index (χ3n) is 8.02. The molecule has 238 valence electrons. The van der Waals surface area contributed by atoms with Crippen molar-refractivity contribution < 1.29 is 24.3 Å². The van der Waals surface area contributed by atoms with Gasteiger partial charge in [0.25, 0.3) is 5.91 Å². The summed E-state index contributed by atoms with van der Waals surface area (Å²) in [6, 6.07) is 16.3. The number of rotatable bonds is 20. The SMILES string of the molecule is CCCCCC[C@@H](CC(N)=O)N(CCCC)C(=O)[C@H](CCCC(=O)O)NC(=O)c1cn(Cc2ccccc2)c2ccccc12. The molecule has 2 aromatic carbocycles. The zero-order chi connectivity index (χ0) is 31.9. The maximum Gasteiger partial charge on any atom is 0.303 e. The molecule has 3 amide bonds. The van der Waals surface area contributed by atoms with E-state index in [0.717, 1.165) is 55.0 Å². The number of aliphatic carboxylic acids is 1. The minimum Gasteiger partial charge on any atom is -0.481 e. The third kappa shape index (κ3) is 10.2. The van der Waals surface area contributed by atoms with Crippen molar-refractivity contribution in [2.45, 2.75) is 103 Å². The van der Waals surface area contributed by atoms with Gasteiger partial charge in [-0.2, -0.15) is 0 Å². The summed E-state index contributed by atoms with van der Waals surface area (Å²) in [6.45, 7) is 5.17. The number of aromatic nitrogens is 1. The van der Waals surface area contributed by atoms with E-state index in [9.17, 15) is 24.3 Å². The second-order valence-corrected chi connectivity index (χ2v) is 11.5. The molecule has 3 aromatic rings. The minimum absolute atomic E-state index is 0.0460. The van der Waals surface area contributed by atoms with Crippen molar-refractivity contribution in [1.29, 1.82) is 0 Å². The Hall–Kier alpha value is -4.14. The Morgan fingerprint density at radius 1 is 0.886 bits per heavy atom. The molecule has 0 fully saturated rings. The van der Waals surface area contributed by atoms with Crippen LogP contribution in [0.3, 0.4) is 0 Å². The predicted octanol–water partition coefficient (Wildman–Crippen LogP) is 5.89. The standard InChI is InChI=1S/C35H48N4O5/c1-3-5-7-11-17-27(23-32(36)40)39(22-6-4-2)35(44)30(19-14-21-33(41)42)37-34(43)29-25-38(24-26-15-9-8-10-16-26)31-20-13-12-18-28(29)31/h8-10,12-13,15-16,18,20,25,27,30H,3-7,11,14,17,19,21-24H2,1-2H3,(H2,36,40)(H,37,43)(H,41,42)/t27-,30-/m0/s1. The summed E-state index contributed by atoms with van der Waals surface area (Å²) >= 11 is 0. The molecule has 0 aliphatic heterocycles. The van der Waals surface area contributed by atoms with Crippen LogP contribution in [0.25, 0.3) is 10.9 Å². The smallest absolute Gasteiger partial charge is 0.303 e. The van der Waals surface area contributed by atoms with Crippen molar-refractivity contribution in [3.63, 3.8) is 0 Å². The first-order chi connectivity index (χ1) is 21.2. The number of hydrogen-bond acceptors (Lipinski definition) is 4. The van der Waals surface area contributed by atoms with Gasteiger partial charge in [-0.25, -0.2) is 0 Å². The number of unbranched alkanes of at least 4 members (excludes halogenated alkanes) is 4.